The van der Waals surface area contributed by atoms with Gasteiger partial charge < -0.3 is 10.2 Å². The largest absolute Gasteiger partial charge is 0.368 e. The number of halogens is 1. The van der Waals surface area contributed by atoms with Crippen LogP contribution in [0.5, 0.6) is 0 Å². The third kappa shape index (κ3) is 3.46. The van der Waals surface area contributed by atoms with E-state index in [-0.39, 0.29) is 0 Å². The summed E-state index contributed by atoms with van der Waals surface area (Å²) in [5.41, 5.74) is 2.44. The van der Waals surface area contributed by atoms with Gasteiger partial charge in [0.15, 0.2) is 0 Å². The van der Waals surface area contributed by atoms with Gasteiger partial charge in [-0.25, -0.2) is 0 Å². The number of nitrogens with zero attached hydrogens (tertiary/aromatic N) is 2. The Morgan fingerprint density at radius 2 is 1.95 bits per heavy atom. The Hall–Kier alpha value is -0.770. The van der Waals surface area contributed by atoms with E-state index < -0.39 is 0 Å². The summed E-state index contributed by atoms with van der Waals surface area (Å²) < 4.78 is 0. The van der Waals surface area contributed by atoms with Crippen LogP contribution in [0, 0.1) is 5.92 Å². The first kappa shape index (κ1) is 14.2. The standard InChI is InChI=1S/C16H24ClN3/c1-18-11-14-4-5-16(15(17)10-14)20-8-6-19(7-9-20)12-13-2-3-13/h4-5,10,13,18H,2-3,6-9,11-12H2,1H3. The van der Waals surface area contributed by atoms with Gasteiger partial charge in [0.2, 0.25) is 0 Å². The molecule has 1 aromatic carbocycles. The van der Waals surface area contributed by atoms with Crippen molar-refractivity contribution >= 4 is 17.3 Å². The number of rotatable bonds is 5. The molecule has 1 heterocycles. The third-order valence-corrected chi connectivity index (χ3v) is 4.62. The molecule has 4 heteroatoms. The van der Waals surface area contributed by atoms with Crippen LogP contribution in [0.3, 0.4) is 0 Å². The summed E-state index contributed by atoms with van der Waals surface area (Å²) >= 11 is 6.45. The van der Waals surface area contributed by atoms with Crippen molar-refractivity contribution in [2.45, 2.75) is 19.4 Å². The maximum Gasteiger partial charge on any atom is 0.0642 e. The zero-order chi connectivity index (χ0) is 13.9. The fourth-order valence-corrected chi connectivity index (χ4v) is 3.28. The van der Waals surface area contributed by atoms with Crippen molar-refractivity contribution in [3.63, 3.8) is 0 Å². The molecule has 0 aromatic heterocycles. The molecule has 1 aliphatic carbocycles. The van der Waals surface area contributed by atoms with Crippen LogP contribution in [0.2, 0.25) is 5.02 Å². The molecule has 2 fully saturated rings. The SMILES string of the molecule is CNCc1ccc(N2CCN(CC3CC3)CC2)c(Cl)c1. The summed E-state index contributed by atoms with van der Waals surface area (Å²) in [6.45, 7) is 6.71. The predicted molar refractivity (Wildman–Crippen MR) is 85.6 cm³/mol. The fraction of sp³-hybridized carbons (Fsp3) is 0.625. The molecule has 1 saturated heterocycles. The highest BCUT2D eigenvalue weighted by Gasteiger charge is 2.26. The minimum atomic E-state index is 0.870. The van der Waals surface area contributed by atoms with Crippen LogP contribution >= 0.6 is 11.6 Å². The number of hydrogen-bond acceptors (Lipinski definition) is 3. The zero-order valence-corrected chi connectivity index (χ0v) is 13.0. The Balaban J connectivity index is 1.59. The summed E-state index contributed by atoms with van der Waals surface area (Å²) in [4.78, 5) is 5.03. The second kappa shape index (κ2) is 6.33. The summed E-state index contributed by atoms with van der Waals surface area (Å²) in [5.74, 6) is 0.992. The molecule has 0 atom stereocenters. The average molecular weight is 294 g/mol. The fourth-order valence-electron chi connectivity index (χ4n) is 2.96. The Labute approximate surface area is 126 Å². The van der Waals surface area contributed by atoms with Crippen LogP contribution in [0.1, 0.15) is 18.4 Å². The Morgan fingerprint density at radius 3 is 2.55 bits per heavy atom. The van der Waals surface area contributed by atoms with Crippen LogP contribution in [-0.2, 0) is 6.54 Å². The van der Waals surface area contributed by atoms with Gasteiger partial charge in [-0.3, -0.25) is 4.90 Å². The van der Waals surface area contributed by atoms with Gasteiger partial charge in [0, 0.05) is 39.3 Å². The molecule has 20 heavy (non-hydrogen) atoms. The smallest absolute Gasteiger partial charge is 0.0642 e. The van der Waals surface area contributed by atoms with Gasteiger partial charge in [0.05, 0.1) is 10.7 Å². The lowest BCUT2D eigenvalue weighted by Gasteiger charge is -2.36. The van der Waals surface area contributed by atoms with Gasteiger partial charge in [-0.2, -0.15) is 0 Å². The zero-order valence-electron chi connectivity index (χ0n) is 12.2. The van der Waals surface area contributed by atoms with Crippen molar-refractivity contribution in [2.75, 3.05) is 44.7 Å². The van der Waals surface area contributed by atoms with E-state index in [2.05, 4.69) is 33.3 Å². The van der Waals surface area contributed by atoms with Crippen molar-refractivity contribution in [3.05, 3.63) is 28.8 Å². The topological polar surface area (TPSA) is 18.5 Å². The molecule has 0 unspecified atom stereocenters. The van der Waals surface area contributed by atoms with Crippen LogP contribution in [0.25, 0.3) is 0 Å². The molecule has 110 valence electrons. The molecule has 0 amide bonds. The highest BCUT2D eigenvalue weighted by molar-refractivity contribution is 6.33. The second-order valence-electron chi connectivity index (χ2n) is 6.05. The van der Waals surface area contributed by atoms with E-state index >= 15 is 0 Å². The molecule has 3 nitrogen and oxygen atoms in total. The van der Waals surface area contributed by atoms with E-state index in [9.17, 15) is 0 Å². The van der Waals surface area contributed by atoms with E-state index in [1.54, 1.807) is 0 Å². The van der Waals surface area contributed by atoms with E-state index in [0.717, 1.165) is 30.6 Å². The van der Waals surface area contributed by atoms with Gasteiger partial charge in [0.1, 0.15) is 0 Å². The van der Waals surface area contributed by atoms with E-state index in [0.29, 0.717) is 0 Å². The molecule has 0 spiro atoms. The summed E-state index contributed by atoms with van der Waals surface area (Å²) in [6, 6.07) is 6.43. The van der Waals surface area contributed by atoms with Gasteiger partial charge >= 0.3 is 0 Å². The molecule has 2 aliphatic rings. The van der Waals surface area contributed by atoms with Crippen molar-refractivity contribution in [2.24, 2.45) is 5.92 Å². The quantitative estimate of drug-likeness (QED) is 0.900. The highest BCUT2D eigenvalue weighted by Crippen LogP contribution is 2.31. The number of nitrogens with one attached hydrogen (secondary N) is 1. The van der Waals surface area contributed by atoms with Crippen molar-refractivity contribution in [1.29, 1.82) is 0 Å². The molecule has 3 rings (SSSR count). The first-order chi connectivity index (χ1) is 9.76. The molecule has 0 bridgehead atoms. The minimum Gasteiger partial charge on any atom is -0.368 e. The number of anilines is 1. The molecular formula is C16H24ClN3. The van der Waals surface area contributed by atoms with Crippen LogP contribution in [-0.4, -0.2) is 44.7 Å². The van der Waals surface area contributed by atoms with Gasteiger partial charge in [0.25, 0.3) is 0 Å². The lowest BCUT2D eigenvalue weighted by atomic mass is 10.1. The molecule has 1 saturated carbocycles. The Morgan fingerprint density at radius 1 is 1.20 bits per heavy atom. The van der Waals surface area contributed by atoms with Gasteiger partial charge in [-0.1, -0.05) is 17.7 Å². The molecular weight excluding hydrogens is 270 g/mol. The van der Waals surface area contributed by atoms with E-state index in [1.807, 2.05) is 7.05 Å². The number of hydrogen-bond donors (Lipinski definition) is 1. The van der Waals surface area contributed by atoms with Crippen LogP contribution < -0.4 is 10.2 Å². The van der Waals surface area contributed by atoms with Crippen molar-refractivity contribution in [3.8, 4) is 0 Å². The van der Waals surface area contributed by atoms with Crippen molar-refractivity contribution in [1.82, 2.24) is 10.2 Å². The molecule has 0 radical (unpaired) electrons. The first-order valence-corrected chi connectivity index (χ1v) is 8.04. The Kier molecular flexibility index (Phi) is 4.49. The van der Waals surface area contributed by atoms with E-state index in [1.165, 1.54) is 43.7 Å². The predicted octanol–water partition coefficient (Wildman–Crippen LogP) is 2.59. The molecule has 1 N–H and O–H groups in total. The molecule has 1 aromatic rings. The van der Waals surface area contributed by atoms with E-state index in [4.69, 9.17) is 11.6 Å². The maximum atomic E-state index is 6.45. The number of piperazine rings is 1. The first-order valence-electron chi connectivity index (χ1n) is 7.66. The lowest BCUT2D eigenvalue weighted by Crippen LogP contribution is -2.47. The monoisotopic (exact) mass is 293 g/mol. The average Bonchev–Trinajstić information content (AvgIpc) is 3.25. The van der Waals surface area contributed by atoms with Crippen molar-refractivity contribution < 1.29 is 0 Å². The summed E-state index contributed by atoms with van der Waals surface area (Å²) in [5, 5.41) is 4.04. The van der Waals surface area contributed by atoms with Crippen LogP contribution in [0.4, 0.5) is 5.69 Å². The molecule has 1 aliphatic heterocycles. The minimum absolute atomic E-state index is 0.870. The van der Waals surface area contributed by atoms with Gasteiger partial charge in [-0.15, -0.1) is 0 Å². The summed E-state index contributed by atoms with van der Waals surface area (Å²) in [6.07, 6.45) is 2.89. The third-order valence-electron chi connectivity index (χ3n) is 4.32. The lowest BCUT2D eigenvalue weighted by molar-refractivity contribution is 0.248. The highest BCUT2D eigenvalue weighted by atomic mass is 35.5. The normalized spacial score (nSPS) is 20.4. The van der Waals surface area contributed by atoms with Gasteiger partial charge in [-0.05, 0) is 43.5 Å². The summed E-state index contributed by atoms with van der Waals surface area (Å²) in [7, 11) is 1.96. The maximum absolute atomic E-state index is 6.45. The number of benzene rings is 1. The second-order valence-corrected chi connectivity index (χ2v) is 6.45. The van der Waals surface area contributed by atoms with Crippen LogP contribution in [0.15, 0.2) is 18.2 Å². The Bertz CT molecular complexity index is 451.